The molecule has 1 saturated heterocycles. The Kier molecular flexibility index (Phi) is 8.75. The maximum atomic E-state index is 13.8. The number of anilines is 3. The van der Waals surface area contributed by atoms with Crippen molar-refractivity contribution in [3.8, 4) is 5.75 Å². The van der Waals surface area contributed by atoms with Crippen LogP contribution < -0.4 is 26.7 Å². The highest BCUT2D eigenvalue weighted by molar-refractivity contribution is 6.00. The lowest BCUT2D eigenvalue weighted by molar-refractivity contribution is 0.0327. The summed E-state index contributed by atoms with van der Waals surface area (Å²) in [6.45, 7) is 7.52. The van der Waals surface area contributed by atoms with E-state index in [1.807, 2.05) is 17.9 Å². The van der Waals surface area contributed by atoms with Crippen LogP contribution in [0.4, 0.5) is 21.5 Å². The van der Waals surface area contributed by atoms with Crippen molar-refractivity contribution in [3.63, 3.8) is 0 Å². The van der Waals surface area contributed by atoms with Gasteiger partial charge in [-0.2, -0.15) is 0 Å². The summed E-state index contributed by atoms with van der Waals surface area (Å²) in [5.41, 5.74) is 10.7. The van der Waals surface area contributed by atoms with E-state index >= 15 is 0 Å². The number of hydrogen-bond donors (Lipinski definition) is 4. The fourth-order valence-corrected chi connectivity index (χ4v) is 5.49. The second-order valence-corrected chi connectivity index (χ2v) is 10.4. The Bertz CT molecular complexity index is 1460. The summed E-state index contributed by atoms with van der Waals surface area (Å²) >= 11 is 0. The third-order valence-corrected chi connectivity index (χ3v) is 7.70. The predicted molar refractivity (Wildman–Crippen MR) is 157 cm³/mol. The van der Waals surface area contributed by atoms with Crippen molar-refractivity contribution in [2.24, 2.45) is 0 Å². The van der Waals surface area contributed by atoms with E-state index < -0.39 is 6.04 Å². The number of nitrogens with one attached hydrogen (secondary N) is 3. The fourth-order valence-electron chi connectivity index (χ4n) is 5.49. The molecule has 3 aromatic rings. The minimum atomic E-state index is -0.402. The molecular formula is C30H37FN6O4. The number of aromatic amines is 1. The number of amides is 1. The van der Waals surface area contributed by atoms with Crippen LogP contribution in [0.25, 0.3) is 0 Å². The number of carbonyl (C=O) groups is 1. The SMILES string of the molecule is COc1ccc(F)cc1CCNc1cc[nH]c(=O)c1C(C)Nc1cc2c(cc1N)C(=O)N(CCN1CCOCC1)C2. The standard InChI is InChI=1S/C30H37FN6O4/c1-19(28-25(6-8-34-29(28)38)33-7-5-20-15-22(31)3-4-27(20)40-2)35-26-16-21-18-37(30(39)23(21)17-24(26)32)10-9-36-11-13-41-14-12-36/h3-4,6,8,15-17,19,35H,5,7,9-14,18,32H2,1-2H3,(H2,33,34,38). The summed E-state index contributed by atoms with van der Waals surface area (Å²) in [6, 6.07) is 9.45. The zero-order valence-corrected chi connectivity index (χ0v) is 23.5. The van der Waals surface area contributed by atoms with Crippen molar-refractivity contribution in [3.05, 3.63) is 81.0 Å². The topological polar surface area (TPSA) is 125 Å². The number of carbonyl (C=O) groups excluding carboxylic acids is 1. The molecule has 11 heteroatoms. The average Bonchev–Trinajstić information content (AvgIpc) is 3.26. The summed E-state index contributed by atoms with van der Waals surface area (Å²) in [5.74, 6) is 0.268. The maximum Gasteiger partial charge on any atom is 0.255 e. The molecule has 218 valence electrons. The van der Waals surface area contributed by atoms with E-state index in [2.05, 4.69) is 20.5 Å². The monoisotopic (exact) mass is 564 g/mol. The van der Waals surface area contributed by atoms with Gasteiger partial charge in [-0.1, -0.05) is 0 Å². The van der Waals surface area contributed by atoms with Crippen LogP contribution in [0.1, 0.15) is 40.0 Å². The number of benzene rings is 2. The van der Waals surface area contributed by atoms with Gasteiger partial charge in [-0.25, -0.2) is 4.39 Å². The van der Waals surface area contributed by atoms with E-state index in [0.29, 0.717) is 60.0 Å². The van der Waals surface area contributed by atoms with E-state index in [9.17, 15) is 14.0 Å². The molecule has 3 heterocycles. The Morgan fingerprint density at radius 2 is 1.93 bits per heavy atom. The van der Waals surface area contributed by atoms with Crippen LogP contribution in [0.5, 0.6) is 5.75 Å². The number of nitrogen functional groups attached to an aromatic ring is 1. The lowest BCUT2D eigenvalue weighted by Crippen LogP contribution is -2.41. The molecule has 1 atom stereocenters. The Hall–Kier alpha value is -4.09. The molecule has 0 aliphatic carbocycles. The molecule has 0 saturated carbocycles. The minimum Gasteiger partial charge on any atom is -0.496 e. The van der Waals surface area contributed by atoms with Crippen molar-refractivity contribution in [2.45, 2.75) is 25.9 Å². The Morgan fingerprint density at radius 3 is 2.71 bits per heavy atom. The van der Waals surface area contributed by atoms with Gasteiger partial charge in [0.1, 0.15) is 11.6 Å². The highest BCUT2D eigenvalue weighted by Gasteiger charge is 2.29. The van der Waals surface area contributed by atoms with Crippen LogP contribution in [0.3, 0.4) is 0 Å². The van der Waals surface area contributed by atoms with Gasteiger partial charge in [0.2, 0.25) is 0 Å². The number of pyridine rings is 1. The second kappa shape index (κ2) is 12.6. The smallest absolute Gasteiger partial charge is 0.255 e. The number of nitrogens with zero attached hydrogens (tertiary/aromatic N) is 2. The van der Waals surface area contributed by atoms with Gasteiger partial charge in [-0.15, -0.1) is 0 Å². The largest absolute Gasteiger partial charge is 0.496 e. The number of morpholine rings is 1. The minimum absolute atomic E-state index is 0.0134. The van der Waals surface area contributed by atoms with Gasteiger partial charge in [0.05, 0.1) is 43.3 Å². The van der Waals surface area contributed by atoms with Gasteiger partial charge in [-0.05, 0) is 60.9 Å². The number of ether oxygens (including phenoxy) is 2. The third-order valence-electron chi connectivity index (χ3n) is 7.70. The normalized spacial score (nSPS) is 16.0. The van der Waals surface area contributed by atoms with E-state index in [1.54, 1.807) is 31.5 Å². The number of hydrogen-bond acceptors (Lipinski definition) is 8. The van der Waals surface area contributed by atoms with Crippen LogP contribution >= 0.6 is 0 Å². The molecule has 5 rings (SSSR count). The lowest BCUT2D eigenvalue weighted by Gasteiger charge is -2.28. The number of halogens is 1. The highest BCUT2D eigenvalue weighted by atomic mass is 19.1. The number of methoxy groups -OCH3 is 1. The second-order valence-electron chi connectivity index (χ2n) is 10.4. The Balaban J connectivity index is 1.26. The van der Waals surface area contributed by atoms with Crippen molar-refractivity contribution in [1.29, 1.82) is 0 Å². The maximum absolute atomic E-state index is 13.8. The van der Waals surface area contributed by atoms with Crippen LogP contribution in [-0.4, -0.2) is 73.7 Å². The molecule has 1 unspecified atom stereocenters. The molecule has 0 spiro atoms. The number of aromatic nitrogens is 1. The predicted octanol–water partition coefficient (Wildman–Crippen LogP) is 3.22. The van der Waals surface area contributed by atoms with Crippen molar-refractivity contribution in [2.75, 3.05) is 69.4 Å². The number of fused-ring (bicyclic) bond motifs is 1. The molecule has 2 aliphatic heterocycles. The summed E-state index contributed by atoms with van der Waals surface area (Å²) in [7, 11) is 1.55. The summed E-state index contributed by atoms with van der Waals surface area (Å²) in [6.07, 6.45) is 2.09. The summed E-state index contributed by atoms with van der Waals surface area (Å²) in [4.78, 5) is 32.9. The molecule has 1 amide bonds. The molecular weight excluding hydrogens is 527 g/mol. The van der Waals surface area contributed by atoms with Crippen LogP contribution in [0, 0.1) is 5.82 Å². The van der Waals surface area contributed by atoms with Gasteiger partial charge in [0.15, 0.2) is 0 Å². The first kappa shape index (κ1) is 28.4. The van der Waals surface area contributed by atoms with E-state index in [4.69, 9.17) is 15.2 Å². The lowest BCUT2D eigenvalue weighted by atomic mass is 10.0. The summed E-state index contributed by atoms with van der Waals surface area (Å²) < 4.78 is 24.5. The van der Waals surface area contributed by atoms with E-state index in [-0.39, 0.29) is 17.3 Å². The molecule has 5 N–H and O–H groups in total. The molecule has 1 fully saturated rings. The van der Waals surface area contributed by atoms with E-state index in [0.717, 1.165) is 44.0 Å². The average molecular weight is 565 g/mol. The van der Waals surface area contributed by atoms with Crippen LogP contribution in [0.15, 0.2) is 47.4 Å². The molecule has 10 nitrogen and oxygen atoms in total. The van der Waals surface area contributed by atoms with Crippen molar-refractivity contribution < 1.29 is 18.7 Å². The molecule has 1 aromatic heterocycles. The Labute approximate surface area is 238 Å². The number of H-pyrrole nitrogens is 1. The molecule has 2 aromatic carbocycles. The highest BCUT2D eigenvalue weighted by Crippen LogP contribution is 2.33. The molecule has 2 aliphatic rings. The quantitative estimate of drug-likeness (QED) is 0.262. The van der Waals surface area contributed by atoms with Gasteiger partial charge < -0.3 is 35.7 Å². The molecule has 41 heavy (non-hydrogen) atoms. The van der Waals surface area contributed by atoms with Gasteiger partial charge >= 0.3 is 0 Å². The zero-order chi connectivity index (χ0) is 28.9. The third kappa shape index (κ3) is 6.47. The van der Waals surface area contributed by atoms with Crippen molar-refractivity contribution >= 4 is 23.0 Å². The van der Waals surface area contributed by atoms with E-state index in [1.165, 1.54) is 12.1 Å². The van der Waals surface area contributed by atoms with Crippen LogP contribution in [-0.2, 0) is 17.7 Å². The zero-order valence-electron chi connectivity index (χ0n) is 23.5. The first-order valence-corrected chi connectivity index (χ1v) is 13.9. The Morgan fingerprint density at radius 1 is 1.12 bits per heavy atom. The molecule has 0 bridgehead atoms. The van der Waals surface area contributed by atoms with Gasteiger partial charge in [-0.3, -0.25) is 14.5 Å². The first-order valence-electron chi connectivity index (χ1n) is 13.9. The van der Waals surface area contributed by atoms with Crippen LogP contribution in [0.2, 0.25) is 0 Å². The van der Waals surface area contributed by atoms with Gasteiger partial charge in [0, 0.05) is 56.7 Å². The van der Waals surface area contributed by atoms with Crippen molar-refractivity contribution in [1.82, 2.24) is 14.8 Å². The van der Waals surface area contributed by atoms with Gasteiger partial charge in [0.25, 0.3) is 11.5 Å². The molecule has 0 radical (unpaired) electrons. The number of rotatable bonds is 11. The first-order chi connectivity index (χ1) is 19.8. The number of nitrogens with two attached hydrogens (primary N) is 1. The summed E-state index contributed by atoms with van der Waals surface area (Å²) in [5, 5.41) is 6.69. The fraction of sp³-hybridized carbons (Fsp3) is 0.400.